The van der Waals surface area contributed by atoms with Crippen LogP contribution in [0, 0.1) is 17.3 Å². The van der Waals surface area contributed by atoms with Crippen LogP contribution in [0.2, 0.25) is 0 Å². The zero-order valence-electron chi connectivity index (χ0n) is 16.1. The Kier molecular flexibility index (Phi) is 11.2. The Hall–Kier alpha value is -0.860. The lowest BCUT2D eigenvalue weighted by molar-refractivity contribution is -0.142. The number of Topliss-reactive ketones (excluding diaryl/α,β-unsaturated/α-hetero) is 1. The van der Waals surface area contributed by atoms with E-state index in [0.29, 0.717) is 24.7 Å². The summed E-state index contributed by atoms with van der Waals surface area (Å²) in [6.45, 7) is 10.2. The van der Waals surface area contributed by atoms with Crippen molar-refractivity contribution in [2.45, 2.75) is 98.8 Å². The van der Waals surface area contributed by atoms with Crippen LogP contribution >= 0.6 is 0 Å². The van der Waals surface area contributed by atoms with E-state index in [-0.39, 0.29) is 5.78 Å². The van der Waals surface area contributed by atoms with Crippen molar-refractivity contribution < 1.29 is 9.59 Å². The number of carbonyl (C=O) groups excluding carboxylic acids is 2. The minimum atomic E-state index is -0.956. The molecule has 0 aromatic heterocycles. The van der Waals surface area contributed by atoms with Crippen molar-refractivity contribution >= 4 is 11.7 Å². The van der Waals surface area contributed by atoms with Crippen LogP contribution in [0.1, 0.15) is 98.8 Å². The Morgan fingerprint density at radius 1 is 0.870 bits per heavy atom. The van der Waals surface area contributed by atoms with Gasteiger partial charge < -0.3 is 5.73 Å². The molecule has 2 unspecified atom stereocenters. The molecule has 0 aromatic rings. The maximum Gasteiger partial charge on any atom is 0.231 e. The number of nitrogens with two attached hydrogens (primary N) is 1. The molecule has 0 saturated carbocycles. The van der Waals surface area contributed by atoms with Crippen molar-refractivity contribution in [1.82, 2.24) is 0 Å². The Bertz CT molecular complexity index is 318. The molecule has 0 fully saturated rings. The van der Waals surface area contributed by atoms with Crippen LogP contribution in [0.3, 0.4) is 0 Å². The number of ketones is 1. The first kappa shape index (κ1) is 22.1. The number of primary amides is 1. The van der Waals surface area contributed by atoms with Gasteiger partial charge in [-0.1, -0.05) is 79.1 Å². The molecule has 2 atom stereocenters. The molecule has 0 aromatic carbocycles. The standard InChI is InChI=1S/C20H39NO2/c1-6-10-12-17(8-3)14-20(16(5)22,19(21)23)15-18(9-4)13-11-7-2/h17-18H,6-15H2,1-5H3,(H2,21,23). The molecule has 0 rings (SSSR count). The van der Waals surface area contributed by atoms with E-state index in [2.05, 4.69) is 27.7 Å². The van der Waals surface area contributed by atoms with E-state index in [1.807, 2.05) is 0 Å². The number of carbonyl (C=O) groups is 2. The van der Waals surface area contributed by atoms with Crippen molar-refractivity contribution in [3.05, 3.63) is 0 Å². The summed E-state index contributed by atoms with van der Waals surface area (Å²) >= 11 is 0. The summed E-state index contributed by atoms with van der Waals surface area (Å²) in [6.07, 6.45) is 10.1. The van der Waals surface area contributed by atoms with Gasteiger partial charge in [-0.2, -0.15) is 0 Å². The number of hydrogen-bond acceptors (Lipinski definition) is 2. The average molecular weight is 326 g/mol. The van der Waals surface area contributed by atoms with E-state index in [0.717, 1.165) is 51.4 Å². The first-order valence-electron chi connectivity index (χ1n) is 9.68. The molecular formula is C20H39NO2. The van der Waals surface area contributed by atoms with Crippen LogP contribution in [0.25, 0.3) is 0 Å². The molecule has 0 aliphatic rings. The second-order valence-corrected chi connectivity index (χ2v) is 7.24. The van der Waals surface area contributed by atoms with E-state index < -0.39 is 11.3 Å². The second kappa shape index (κ2) is 11.6. The minimum absolute atomic E-state index is 0.0325. The minimum Gasteiger partial charge on any atom is -0.369 e. The maximum atomic E-state index is 12.5. The van der Waals surface area contributed by atoms with Gasteiger partial charge in [0.25, 0.3) is 0 Å². The van der Waals surface area contributed by atoms with Crippen LogP contribution in [0.4, 0.5) is 0 Å². The van der Waals surface area contributed by atoms with Crippen LogP contribution in [-0.2, 0) is 9.59 Å². The van der Waals surface area contributed by atoms with Crippen molar-refractivity contribution in [3.63, 3.8) is 0 Å². The number of hydrogen-bond donors (Lipinski definition) is 1. The molecule has 0 spiro atoms. The van der Waals surface area contributed by atoms with Crippen molar-refractivity contribution in [3.8, 4) is 0 Å². The zero-order valence-corrected chi connectivity index (χ0v) is 16.1. The predicted octanol–water partition coefficient (Wildman–Crippen LogP) is 5.26. The number of rotatable bonds is 14. The van der Waals surface area contributed by atoms with E-state index in [4.69, 9.17) is 5.73 Å². The van der Waals surface area contributed by atoms with E-state index in [1.54, 1.807) is 6.92 Å². The fourth-order valence-electron chi connectivity index (χ4n) is 3.62. The van der Waals surface area contributed by atoms with Crippen LogP contribution in [-0.4, -0.2) is 11.7 Å². The lowest BCUT2D eigenvalue weighted by Crippen LogP contribution is -2.45. The van der Waals surface area contributed by atoms with E-state index in [1.165, 1.54) is 0 Å². The summed E-state index contributed by atoms with van der Waals surface area (Å²) in [5, 5.41) is 0. The smallest absolute Gasteiger partial charge is 0.231 e. The van der Waals surface area contributed by atoms with Gasteiger partial charge in [-0.05, 0) is 31.6 Å². The van der Waals surface area contributed by atoms with Crippen molar-refractivity contribution in [1.29, 1.82) is 0 Å². The summed E-state index contributed by atoms with van der Waals surface area (Å²) in [6, 6.07) is 0. The normalized spacial score (nSPS) is 16.6. The molecule has 0 saturated heterocycles. The molecule has 3 heteroatoms. The molecule has 3 nitrogen and oxygen atoms in total. The topological polar surface area (TPSA) is 60.2 Å². The van der Waals surface area contributed by atoms with Gasteiger partial charge in [-0.25, -0.2) is 0 Å². The molecular weight excluding hydrogens is 286 g/mol. The highest BCUT2D eigenvalue weighted by Gasteiger charge is 2.44. The summed E-state index contributed by atoms with van der Waals surface area (Å²) in [4.78, 5) is 24.8. The molecule has 0 bridgehead atoms. The lowest BCUT2D eigenvalue weighted by Gasteiger charge is -2.34. The molecule has 2 N–H and O–H groups in total. The number of unbranched alkanes of at least 4 members (excludes halogenated alkanes) is 2. The van der Waals surface area contributed by atoms with Gasteiger partial charge in [0.05, 0.1) is 0 Å². The number of amides is 1. The van der Waals surface area contributed by atoms with Gasteiger partial charge in [0.15, 0.2) is 0 Å². The lowest BCUT2D eigenvalue weighted by atomic mass is 9.67. The average Bonchev–Trinajstić information content (AvgIpc) is 2.52. The Labute approximate surface area is 143 Å². The third-order valence-electron chi connectivity index (χ3n) is 5.51. The van der Waals surface area contributed by atoms with Gasteiger partial charge in [-0.3, -0.25) is 9.59 Å². The monoisotopic (exact) mass is 325 g/mol. The van der Waals surface area contributed by atoms with Gasteiger partial charge in [-0.15, -0.1) is 0 Å². The Balaban J connectivity index is 5.29. The molecule has 0 aliphatic heterocycles. The van der Waals surface area contributed by atoms with Crippen LogP contribution < -0.4 is 5.73 Å². The van der Waals surface area contributed by atoms with Gasteiger partial charge >= 0.3 is 0 Å². The van der Waals surface area contributed by atoms with E-state index >= 15 is 0 Å². The van der Waals surface area contributed by atoms with Gasteiger partial charge in [0, 0.05) is 0 Å². The summed E-state index contributed by atoms with van der Waals surface area (Å²) in [5.41, 5.74) is 4.82. The highest BCUT2D eigenvalue weighted by atomic mass is 16.2. The predicted molar refractivity (Wildman–Crippen MR) is 98.2 cm³/mol. The quantitative estimate of drug-likeness (QED) is 0.443. The van der Waals surface area contributed by atoms with Crippen LogP contribution in [0.5, 0.6) is 0 Å². The molecule has 136 valence electrons. The van der Waals surface area contributed by atoms with Crippen LogP contribution in [0.15, 0.2) is 0 Å². The fourth-order valence-corrected chi connectivity index (χ4v) is 3.62. The van der Waals surface area contributed by atoms with Crippen molar-refractivity contribution in [2.75, 3.05) is 0 Å². The summed E-state index contributed by atoms with van der Waals surface area (Å²) in [7, 11) is 0. The fraction of sp³-hybridized carbons (Fsp3) is 0.900. The Morgan fingerprint density at radius 2 is 1.26 bits per heavy atom. The first-order chi connectivity index (χ1) is 10.9. The van der Waals surface area contributed by atoms with E-state index in [9.17, 15) is 9.59 Å². The highest BCUT2D eigenvalue weighted by Crippen LogP contribution is 2.39. The summed E-state index contributed by atoms with van der Waals surface area (Å²) < 4.78 is 0. The molecule has 0 heterocycles. The third-order valence-corrected chi connectivity index (χ3v) is 5.51. The largest absolute Gasteiger partial charge is 0.369 e. The maximum absolute atomic E-state index is 12.5. The molecule has 23 heavy (non-hydrogen) atoms. The molecule has 1 amide bonds. The summed E-state index contributed by atoms with van der Waals surface area (Å²) in [5.74, 6) is 0.384. The first-order valence-corrected chi connectivity index (χ1v) is 9.68. The van der Waals surface area contributed by atoms with Gasteiger partial charge in [0.1, 0.15) is 11.2 Å². The zero-order chi connectivity index (χ0) is 17.9. The molecule has 0 radical (unpaired) electrons. The van der Waals surface area contributed by atoms with Gasteiger partial charge in [0.2, 0.25) is 5.91 Å². The second-order valence-electron chi connectivity index (χ2n) is 7.24. The third kappa shape index (κ3) is 7.05. The van der Waals surface area contributed by atoms with Crippen molar-refractivity contribution in [2.24, 2.45) is 23.0 Å². The highest BCUT2D eigenvalue weighted by molar-refractivity contribution is 6.04. The SMILES string of the molecule is CCCCC(CC)CC(CC(CC)CCCC)(C(C)=O)C(N)=O. The Morgan fingerprint density at radius 3 is 1.48 bits per heavy atom. The molecule has 0 aliphatic carbocycles.